The third-order valence-corrected chi connectivity index (χ3v) is 1.20. The second-order valence-electron chi connectivity index (χ2n) is 1.63. The highest BCUT2D eigenvalue weighted by Crippen LogP contribution is 1.88. The summed E-state index contributed by atoms with van der Waals surface area (Å²) in [5.74, 6) is 0.750. The third-order valence-electron chi connectivity index (χ3n) is 0.942. The molecule has 50 valence electrons. The Kier molecular flexibility index (Phi) is 1.57. The molecule has 0 aromatic carbocycles. The SMILES string of the molecule is Cn1nc(CCl)[nH]c1=O. The molecule has 0 radical (unpaired) electrons. The van der Waals surface area contributed by atoms with E-state index in [0.717, 1.165) is 0 Å². The fourth-order valence-electron chi connectivity index (χ4n) is 0.516. The van der Waals surface area contributed by atoms with Crippen LogP contribution in [0.1, 0.15) is 5.82 Å². The first-order valence-corrected chi connectivity index (χ1v) is 2.95. The predicted octanol–water partition coefficient (Wildman–Crippen LogP) is -0.153. The van der Waals surface area contributed by atoms with E-state index in [-0.39, 0.29) is 11.6 Å². The highest BCUT2D eigenvalue weighted by atomic mass is 35.5. The number of halogens is 1. The molecule has 1 aromatic rings. The van der Waals surface area contributed by atoms with Crippen molar-refractivity contribution in [2.24, 2.45) is 7.05 Å². The van der Waals surface area contributed by atoms with Crippen LogP contribution in [0.15, 0.2) is 4.79 Å². The normalized spacial score (nSPS) is 10.0. The molecule has 0 bridgehead atoms. The van der Waals surface area contributed by atoms with Gasteiger partial charge in [-0.2, -0.15) is 5.10 Å². The first-order chi connectivity index (χ1) is 4.24. The van der Waals surface area contributed by atoms with Crippen molar-refractivity contribution in [2.45, 2.75) is 5.88 Å². The van der Waals surface area contributed by atoms with Crippen LogP contribution < -0.4 is 5.69 Å². The van der Waals surface area contributed by atoms with Crippen LogP contribution in [-0.4, -0.2) is 14.8 Å². The fraction of sp³-hybridized carbons (Fsp3) is 0.500. The number of alkyl halides is 1. The van der Waals surface area contributed by atoms with Crippen LogP contribution in [0.3, 0.4) is 0 Å². The van der Waals surface area contributed by atoms with Crippen molar-refractivity contribution < 1.29 is 0 Å². The molecule has 0 amide bonds. The lowest BCUT2D eigenvalue weighted by molar-refractivity contribution is 0.726. The van der Waals surface area contributed by atoms with Gasteiger partial charge in [-0.15, -0.1) is 11.6 Å². The van der Waals surface area contributed by atoms with Gasteiger partial charge in [0, 0.05) is 7.05 Å². The van der Waals surface area contributed by atoms with Gasteiger partial charge in [-0.1, -0.05) is 0 Å². The lowest BCUT2D eigenvalue weighted by Crippen LogP contribution is -2.13. The van der Waals surface area contributed by atoms with Gasteiger partial charge in [-0.25, -0.2) is 9.48 Å². The van der Waals surface area contributed by atoms with Crippen molar-refractivity contribution >= 4 is 11.6 Å². The van der Waals surface area contributed by atoms with E-state index in [0.29, 0.717) is 5.82 Å². The number of aromatic amines is 1. The number of aromatic nitrogens is 3. The Hall–Kier alpha value is -0.770. The average Bonchev–Trinajstić information content (AvgIpc) is 2.13. The highest BCUT2D eigenvalue weighted by Gasteiger charge is 1.96. The molecule has 1 heterocycles. The maximum absolute atomic E-state index is 10.6. The Morgan fingerprint density at radius 2 is 2.56 bits per heavy atom. The van der Waals surface area contributed by atoms with E-state index < -0.39 is 0 Å². The van der Waals surface area contributed by atoms with Gasteiger partial charge < -0.3 is 0 Å². The summed E-state index contributed by atoms with van der Waals surface area (Å²) in [6, 6.07) is 0. The topological polar surface area (TPSA) is 50.7 Å². The molecule has 5 heteroatoms. The van der Waals surface area contributed by atoms with Crippen LogP contribution in [-0.2, 0) is 12.9 Å². The lowest BCUT2D eigenvalue weighted by atomic mass is 10.7. The zero-order valence-corrected chi connectivity index (χ0v) is 5.64. The summed E-state index contributed by atoms with van der Waals surface area (Å²) in [4.78, 5) is 13.0. The Morgan fingerprint density at radius 3 is 2.78 bits per heavy atom. The van der Waals surface area contributed by atoms with E-state index >= 15 is 0 Å². The number of rotatable bonds is 1. The maximum Gasteiger partial charge on any atom is 0.343 e. The zero-order valence-electron chi connectivity index (χ0n) is 4.89. The van der Waals surface area contributed by atoms with Crippen LogP contribution in [0.2, 0.25) is 0 Å². The van der Waals surface area contributed by atoms with Crippen molar-refractivity contribution in [2.75, 3.05) is 0 Å². The van der Waals surface area contributed by atoms with Gasteiger partial charge in [0.1, 0.15) is 5.82 Å². The summed E-state index contributed by atoms with van der Waals surface area (Å²) >= 11 is 5.37. The predicted molar refractivity (Wildman–Crippen MR) is 33.4 cm³/mol. The minimum absolute atomic E-state index is 0.231. The molecule has 9 heavy (non-hydrogen) atoms. The molecular formula is C4H6ClN3O. The lowest BCUT2D eigenvalue weighted by Gasteiger charge is -1.79. The van der Waals surface area contributed by atoms with Crippen LogP contribution in [0.5, 0.6) is 0 Å². The summed E-state index contributed by atoms with van der Waals surface area (Å²) in [6.07, 6.45) is 0. The molecule has 0 aliphatic rings. The molecule has 0 fully saturated rings. The molecule has 0 unspecified atom stereocenters. The van der Waals surface area contributed by atoms with E-state index in [1.54, 1.807) is 7.05 Å². The van der Waals surface area contributed by atoms with E-state index in [1.807, 2.05) is 0 Å². The molecule has 1 rings (SSSR count). The number of nitrogens with one attached hydrogen (secondary N) is 1. The van der Waals surface area contributed by atoms with Gasteiger partial charge in [-0.3, -0.25) is 4.98 Å². The summed E-state index contributed by atoms with van der Waals surface area (Å²) < 4.78 is 1.21. The van der Waals surface area contributed by atoms with E-state index in [9.17, 15) is 4.79 Å². The summed E-state index contributed by atoms with van der Waals surface area (Å²) in [7, 11) is 1.56. The molecule has 0 saturated carbocycles. The number of hydrogen-bond donors (Lipinski definition) is 1. The van der Waals surface area contributed by atoms with Gasteiger partial charge in [0.05, 0.1) is 5.88 Å². The van der Waals surface area contributed by atoms with Crippen LogP contribution in [0.4, 0.5) is 0 Å². The molecule has 1 aromatic heterocycles. The first-order valence-electron chi connectivity index (χ1n) is 2.42. The van der Waals surface area contributed by atoms with Crippen molar-refractivity contribution in [3.8, 4) is 0 Å². The van der Waals surface area contributed by atoms with Gasteiger partial charge in [0.15, 0.2) is 0 Å². The van der Waals surface area contributed by atoms with E-state index in [4.69, 9.17) is 11.6 Å². The number of H-pyrrole nitrogens is 1. The summed E-state index contributed by atoms with van der Waals surface area (Å²) in [5.41, 5.74) is -0.231. The largest absolute Gasteiger partial charge is 0.343 e. The Morgan fingerprint density at radius 1 is 1.89 bits per heavy atom. The maximum atomic E-state index is 10.6. The third kappa shape index (κ3) is 1.13. The van der Waals surface area contributed by atoms with Gasteiger partial charge in [0.2, 0.25) is 0 Å². The smallest absolute Gasteiger partial charge is 0.292 e. The second kappa shape index (κ2) is 2.23. The van der Waals surface area contributed by atoms with Gasteiger partial charge >= 0.3 is 5.69 Å². The Labute approximate surface area is 56.5 Å². The molecule has 0 atom stereocenters. The number of hydrogen-bond acceptors (Lipinski definition) is 2. The number of aryl methyl sites for hydroxylation is 1. The summed E-state index contributed by atoms with van der Waals surface area (Å²) in [5, 5.41) is 3.75. The van der Waals surface area contributed by atoms with Crippen LogP contribution >= 0.6 is 11.6 Å². The molecular weight excluding hydrogens is 142 g/mol. The number of nitrogens with zero attached hydrogens (tertiary/aromatic N) is 2. The fourth-order valence-corrected chi connectivity index (χ4v) is 0.636. The molecule has 4 nitrogen and oxygen atoms in total. The molecule has 0 aliphatic carbocycles. The Bertz CT molecular complexity index is 251. The average molecular weight is 148 g/mol. The second-order valence-corrected chi connectivity index (χ2v) is 1.90. The van der Waals surface area contributed by atoms with Gasteiger partial charge in [-0.05, 0) is 0 Å². The minimum atomic E-state index is -0.231. The van der Waals surface area contributed by atoms with Crippen LogP contribution in [0.25, 0.3) is 0 Å². The first kappa shape index (κ1) is 6.35. The van der Waals surface area contributed by atoms with Crippen molar-refractivity contribution in [1.29, 1.82) is 0 Å². The Balaban J connectivity index is 3.13. The summed E-state index contributed by atoms with van der Waals surface area (Å²) in [6.45, 7) is 0. The zero-order chi connectivity index (χ0) is 6.85. The minimum Gasteiger partial charge on any atom is -0.292 e. The standard InChI is InChI=1S/C4H6ClN3O/c1-8-4(9)6-3(2-5)7-8/h2H2,1H3,(H,6,7,9). The monoisotopic (exact) mass is 147 g/mol. The van der Waals surface area contributed by atoms with Crippen molar-refractivity contribution in [3.63, 3.8) is 0 Å². The van der Waals surface area contributed by atoms with Crippen molar-refractivity contribution in [1.82, 2.24) is 14.8 Å². The van der Waals surface area contributed by atoms with Crippen molar-refractivity contribution in [3.05, 3.63) is 16.3 Å². The highest BCUT2D eigenvalue weighted by molar-refractivity contribution is 6.16. The molecule has 0 saturated heterocycles. The van der Waals surface area contributed by atoms with E-state index in [1.165, 1.54) is 4.68 Å². The molecule has 1 N–H and O–H groups in total. The quantitative estimate of drug-likeness (QED) is 0.562. The molecule has 0 aliphatic heterocycles. The van der Waals surface area contributed by atoms with E-state index in [2.05, 4.69) is 10.1 Å². The van der Waals surface area contributed by atoms with Crippen LogP contribution in [0, 0.1) is 0 Å². The van der Waals surface area contributed by atoms with Gasteiger partial charge in [0.25, 0.3) is 0 Å². The molecule has 0 spiro atoms.